The molecule has 0 saturated carbocycles. The van der Waals surface area contributed by atoms with Crippen molar-refractivity contribution in [1.82, 2.24) is 9.55 Å². The number of carbonyl (C=O) groups is 1. The van der Waals surface area contributed by atoms with Crippen LogP contribution in [0.25, 0.3) is 6.08 Å². The SMILES string of the molecule is CC(C)c1nccn1Cc1cccc(C=CC(=O)O)c1. The summed E-state index contributed by atoms with van der Waals surface area (Å²) in [5.74, 6) is 0.490. The largest absolute Gasteiger partial charge is 0.478 e. The molecule has 4 heteroatoms. The van der Waals surface area contributed by atoms with Crippen LogP contribution in [-0.2, 0) is 11.3 Å². The van der Waals surface area contributed by atoms with Crippen molar-refractivity contribution in [3.05, 3.63) is 59.7 Å². The van der Waals surface area contributed by atoms with Crippen LogP contribution < -0.4 is 0 Å². The number of benzene rings is 1. The van der Waals surface area contributed by atoms with Crippen molar-refractivity contribution in [1.29, 1.82) is 0 Å². The summed E-state index contributed by atoms with van der Waals surface area (Å²) in [6.07, 6.45) is 6.53. The van der Waals surface area contributed by atoms with E-state index in [4.69, 9.17) is 5.11 Å². The first-order valence-corrected chi connectivity index (χ1v) is 6.57. The van der Waals surface area contributed by atoms with Gasteiger partial charge < -0.3 is 9.67 Å². The van der Waals surface area contributed by atoms with Crippen LogP contribution in [0.4, 0.5) is 0 Å². The zero-order valence-electron chi connectivity index (χ0n) is 11.7. The van der Waals surface area contributed by atoms with Gasteiger partial charge in [0.05, 0.1) is 0 Å². The second-order valence-electron chi connectivity index (χ2n) is 4.98. The molecule has 0 fully saturated rings. The molecule has 0 aliphatic heterocycles. The van der Waals surface area contributed by atoms with Crippen LogP contribution in [0.5, 0.6) is 0 Å². The van der Waals surface area contributed by atoms with E-state index >= 15 is 0 Å². The summed E-state index contributed by atoms with van der Waals surface area (Å²) in [6.45, 7) is 4.97. The van der Waals surface area contributed by atoms with Gasteiger partial charge in [0.2, 0.25) is 0 Å². The molecular formula is C16H18N2O2. The van der Waals surface area contributed by atoms with Crippen LogP contribution in [0.1, 0.15) is 36.7 Å². The summed E-state index contributed by atoms with van der Waals surface area (Å²) >= 11 is 0. The molecule has 0 aliphatic rings. The Labute approximate surface area is 118 Å². The van der Waals surface area contributed by atoms with Gasteiger partial charge in [0.1, 0.15) is 5.82 Å². The zero-order chi connectivity index (χ0) is 14.5. The van der Waals surface area contributed by atoms with Crippen molar-refractivity contribution >= 4 is 12.0 Å². The number of hydrogen-bond donors (Lipinski definition) is 1. The summed E-state index contributed by atoms with van der Waals surface area (Å²) in [4.78, 5) is 14.9. The average molecular weight is 270 g/mol. The summed E-state index contributed by atoms with van der Waals surface area (Å²) in [6, 6.07) is 7.84. The van der Waals surface area contributed by atoms with E-state index in [0.717, 1.165) is 29.6 Å². The van der Waals surface area contributed by atoms with E-state index in [0.29, 0.717) is 5.92 Å². The highest BCUT2D eigenvalue weighted by atomic mass is 16.4. The summed E-state index contributed by atoms with van der Waals surface area (Å²) in [7, 11) is 0. The van der Waals surface area contributed by atoms with Gasteiger partial charge in [-0.1, -0.05) is 32.0 Å². The maximum absolute atomic E-state index is 10.5. The molecule has 0 unspecified atom stereocenters. The highest BCUT2D eigenvalue weighted by Gasteiger charge is 2.07. The number of aromatic nitrogens is 2. The Morgan fingerprint density at radius 3 is 2.95 bits per heavy atom. The molecule has 0 atom stereocenters. The maximum Gasteiger partial charge on any atom is 0.328 e. The lowest BCUT2D eigenvalue weighted by Gasteiger charge is -2.10. The minimum atomic E-state index is -0.938. The molecule has 1 heterocycles. The number of rotatable bonds is 5. The summed E-state index contributed by atoms with van der Waals surface area (Å²) in [5.41, 5.74) is 2.01. The van der Waals surface area contributed by atoms with E-state index in [1.54, 1.807) is 6.08 Å². The molecule has 1 aromatic heterocycles. The molecule has 1 N–H and O–H groups in total. The van der Waals surface area contributed by atoms with E-state index in [1.807, 2.05) is 36.7 Å². The van der Waals surface area contributed by atoms with Crippen LogP contribution in [0.2, 0.25) is 0 Å². The third-order valence-electron chi connectivity index (χ3n) is 2.99. The smallest absolute Gasteiger partial charge is 0.328 e. The fourth-order valence-corrected chi connectivity index (χ4v) is 2.11. The number of imidazole rings is 1. The van der Waals surface area contributed by atoms with Gasteiger partial charge in [-0.2, -0.15) is 0 Å². The Hall–Kier alpha value is -2.36. The Balaban J connectivity index is 2.19. The molecule has 2 aromatic rings. The van der Waals surface area contributed by atoms with Gasteiger partial charge in [-0.05, 0) is 23.3 Å². The van der Waals surface area contributed by atoms with Crippen molar-refractivity contribution < 1.29 is 9.90 Å². The Bertz CT molecular complexity index is 627. The molecule has 1 aromatic carbocycles. The second-order valence-corrected chi connectivity index (χ2v) is 4.98. The number of hydrogen-bond acceptors (Lipinski definition) is 2. The number of nitrogens with zero attached hydrogens (tertiary/aromatic N) is 2. The van der Waals surface area contributed by atoms with E-state index in [2.05, 4.69) is 23.4 Å². The molecular weight excluding hydrogens is 252 g/mol. The highest BCUT2D eigenvalue weighted by molar-refractivity contribution is 5.85. The van der Waals surface area contributed by atoms with Gasteiger partial charge in [0, 0.05) is 30.9 Å². The zero-order valence-corrected chi connectivity index (χ0v) is 11.7. The highest BCUT2D eigenvalue weighted by Crippen LogP contribution is 2.15. The maximum atomic E-state index is 10.5. The quantitative estimate of drug-likeness (QED) is 0.849. The van der Waals surface area contributed by atoms with Crippen LogP contribution >= 0.6 is 0 Å². The molecule has 0 spiro atoms. The van der Waals surface area contributed by atoms with Crippen molar-refractivity contribution in [2.24, 2.45) is 0 Å². The molecule has 0 aliphatic carbocycles. The third kappa shape index (κ3) is 3.57. The van der Waals surface area contributed by atoms with Crippen LogP contribution in [0.3, 0.4) is 0 Å². The number of carboxylic acid groups (broad SMARTS) is 1. The van der Waals surface area contributed by atoms with Gasteiger partial charge in [0.15, 0.2) is 0 Å². The van der Waals surface area contributed by atoms with Gasteiger partial charge in [-0.15, -0.1) is 0 Å². The lowest BCUT2D eigenvalue weighted by atomic mass is 10.1. The Morgan fingerprint density at radius 2 is 2.25 bits per heavy atom. The van der Waals surface area contributed by atoms with Crippen LogP contribution in [0.15, 0.2) is 42.7 Å². The van der Waals surface area contributed by atoms with Crippen LogP contribution in [-0.4, -0.2) is 20.6 Å². The standard InChI is InChI=1S/C16H18N2O2/c1-12(2)16-17-8-9-18(16)11-14-5-3-4-13(10-14)6-7-15(19)20/h3-10,12H,11H2,1-2H3,(H,19,20). The van der Waals surface area contributed by atoms with Crippen LogP contribution in [0, 0.1) is 0 Å². The lowest BCUT2D eigenvalue weighted by Crippen LogP contribution is -2.05. The lowest BCUT2D eigenvalue weighted by molar-refractivity contribution is -0.131. The topological polar surface area (TPSA) is 55.1 Å². The van der Waals surface area contributed by atoms with Gasteiger partial charge in [0.25, 0.3) is 0 Å². The van der Waals surface area contributed by atoms with E-state index in [1.165, 1.54) is 0 Å². The first kappa shape index (κ1) is 14.1. The fourth-order valence-electron chi connectivity index (χ4n) is 2.11. The molecule has 0 radical (unpaired) electrons. The molecule has 0 saturated heterocycles. The molecule has 20 heavy (non-hydrogen) atoms. The number of aliphatic carboxylic acids is 1. The normalized spacial score (nSPS) is 11.3. The first-order chi connectivity index (χ1) is 9.56. The van der Waals surface area contributed by atoms with Gasteiger partial charge in [-0.3, -0.25) is 0 Å². The predicted octanol–water partition coefficient (Wildman–Crippen LogP) is 3.15. The summed E-state index contributed by atoms with van der Waals surface area (Å²) < 4.78 is 2.12. The minimum absolute atomic E-state index is 0.375. The van der Waals surface area contributed by atoms with Crippen molar-refractivity contribution in [3.8, 4) is 0 Å². The van der Waals surface area contributed by atoms with E-state index in [9.17, 15) is 4.79 Å². The van der Waals surface area contributed by atoms with E-state index < -0.39 is 5.97 Å². The third-order valence-corrected chi connectivity index (χ3v) is 2.99. The summed E-state index contributed by atoms with van der Waals surface area (Å²) in [5, 5.41) is 8.65. The van der Waals surface area contributed by atoms with Crippen molar-refractivity contribution in [2.45, 2.75) is 26.3 Å². The Kier molecular flexibility index (Phi) is 4.35. The monoisotopic (exact) mass is 270 g/mol. The molecule has 0 bridgehead atoms. The van der Waals surface area contributed by atoms with Gasteiger partial charge >= 0.3 is 5.97 Å². The molecule has 2 rings (SSSR count). The van der Waals surface area contributed by atoms with Gasteiger partial charge in [-0.25, -0.2) is 9.78 Å². The second kappa shape index (κ2) is 6.19. The average Bonchev–Trinajstić information content (AvgIpc) is 2.85. The number of carboxylic acids is 1. The van der Waals surface area contributed by atoms with Crippen molar-refractivity contribution in [2.75, 3.05) is 0 Å². The molecule has 104 valence electrons. The minimum Gasteiger partial charge on any atom is -0.478 e. The predicted molar refractivity (Wildman–Crippen MR) is 78.5 cm³/mol. The Morgan fingerprint density at radius 1 is 1.45 bits per heavy atom. The van der Waals surface area contributed by atoms with E-state index in [-0.39, 0.29) is 0 Å². The van der Waals surface area contributed by atoms with Crippen molar-refractivity contribution in [3.63, 3.8) is 0 Å². The molecule has 4 nitrogen and oxygen atoms in total. The fraction of sp³-hybridized carbons (Fsp3) is 0.250. The first-order valence-electron chi connectivity index (χ1n) is 6.57. The molecule has 0 amide bonds.